The first kappa shape index (κ1) is 16.5. The molecule has 0 aliphatic carbocycles. The van der Waals surface area contributed by atoms with Gasteiger partial charge < -0.3 is 4.90 Å². The first-order valence-electron chi connectivity index (χ1n) is 9.01. The Morgan fingerprint density at radius 3 is 2.69 bits per heavy atom. The van der Waals surface area contributed by atoms with Crippen LogP contribution in [0.4, 0.5) is 0 Å². The van der Waals surface area contributed by atoms with E-state index in [-0.39, 0.29) is 5.91 Å². The molecule has 4 rings (SSSR count). The van der Waals surface area contributed by atoms with Crippen molar-refractivity contribution in [1.82, 2.24) is 29.9 Å². The van der Waals surface area contributed by atoms with Crippen LogP contribution < -0.4 is 0 Å². The summed E-state index contributed by atoms with van der Waals surface area (Å²) in [5.74, 6) is 0.449. The van der Waals surface area contributed by atoms with Crippen molar-refractivity contribution in [2.45, 2.75) is 32.2 Å². The van der Waals surface area contributed by atoms with Gasteiger partial charge in [-0.3, -0.25) is 19.6 Å². The van der Waals surface area contributed by atoms with E-state index in [4.69, 9.17) is 0 Å². The monoisotopic (exact) mass is 350 g/mol. The number of likely N-dealkylation sites (tertiary alicyclic amines) is 1. The smallest absolute Gasteiger partial charge is 0.257 e. The van der Waals surface area contributed by atoms with E-state index in [9.17, 15) is 4.79 Å². The van der Waals surface area contributed by atoms with Gasteiger partial charge in [0, 0.05) is 55.4 Å². The summed E-state index contributed by atoms with van der Waals surface area (Å²) in [5, 5.41) is 11.6. The summed E-state index contributed by atoms with van der Waals surface area (Å²) in [6.45, 7) is 4.27. The molecule has 26 heavy (non-hydrogen) atoms. The lowest BCUT2D eigenvalue weighted by atomic mass is 9.89. The van der Waals surface area contributed by atoms with E-state index in [0.29, 0.717) is 11.5 Å². The van der Waals surface area contributed by atoms with Gasteiger partial charge in [0.15, 0.2) is 0 Å². The summed E-state index contributed by atoms with van der Waals surface area (Å²) in [6, 6.07) is 4.00. The molecule has 0 bridgehead atoms. The third-order valence-electron chi connectivity index (χ3n) is 5.05. The topological polar surface area (TPSA) is 79.7 Å². The first-order valence-corrected chi connectivity index (χ1v) is 9.01. The second kappa shape index (κ2) is 7.11. The molecule has 0 aromatic carbocycles. The Kier molecular flexibility index (Phi) is 4.51. The van der Waals surface area contributed by atoms with Gasteiger partial charge in [-0.25, -0.2) is 0 Å². The number of hydrogen-bond acceptors (Lipinski definition) is 4. The van der Waals surface area contributed by atoms with Crippen molar-refractivity contribution < 1.29 is 4.79 Å². The molecule has 3 aromatic rings. The van der Waals surface area contributed by atoms with Crippen LogP contribution >= 0.6 is 0 Å². The first-order chi connectivity index (χ1) is 12.8. The van der Waals surface area contributed by atoms with Crippen LogP contribution in [-0.2, 0) is 6.54 Å². The number of nitrogens with zero attached hydrogens (tertiary/aromatic N) is 5. The number of aromatic nitrogens is 5. The number of piperidine rings is 1. The molecule has 1 aliphatic heterocycles. The van der Waals surface area contributed by atoms with Crippen molar-refractivity contribution in [3.8, 4) is 11.1 Å². The van der Waals surface area contributed by atoms with E-state index in [0.717, 1.165) is 49.3 Å². The second-order valence-corrected chi connectivity index (χ2v) is 6.58. The molecule has 0 atom stereocenters. The Hall–Kier alpha value is -2.96. The normalized spacial score (nSPS) is 15.3. The fraction of sp³-hybridized carbons (Fsp3) is 0.368. The molecule has 1 aliphatic rings. The van der Waals surface area contributed by atoms with Crippen molar-refractivity contribution in [3.63, 3.8) is 0 Å². The highest BCUT2D eigenvalue weighted by Gasteiger charge is 2.27. The van der Waals surface area contributed by atoms with E-state index >= 15 is 0 Å². The quantitative estimate of drug-likeness (QED) is 0.784. The number of pyridine rings is 1. The number of nitrogens with one attached hydrogen (secondary N) is 1. The van der Waals surface area contributed by atoms with Crippen LogP contribution in [0.25, 0.3) is 11.1 Å². The van der Waals surface area contributed by atoms with E-state index < -0.39 is 0 Å². The van der Waals surface area contributed by atoms with Crippen LogP contribution in [0, 0.1) is 0 Å². The molecule has 1 N–H and O–H groups in total. The highest BCUT2D eigenvalue weighted by molar-refractivity contribution is 5.93. The minimum atomic E-state index is 0.0714. The van der Waals surface area contributed by atoms with Crippen LogP contribution in [0.3, 0.4) is 0 Å². The Morgan fingerprint density at radius 2 is 2.00 bits per heavy atom. The van der Waals surface area contributed by atoms with Gasteiger partial charge >= 0.3 is 0 Å². The summed E-state index contributed by atoms with van der Waals surface area (Å²) >= 11 is 0. The molecule has 4 heterocycles. The van der Waals surface area contributed by atoms with E-state index in [1.54, 1.807) is 23.3 Å². The third-order valence-corrected chi connectivity index (χ3v) is 5.05. The fourth-order valence-electron chi connectivity index (χ4n) is 3.57. The minimum Gasteiger partial charge on any atom is -0.339 e. The van der Waals surface area contributed by atoms with E-state index in [2.05, 4.69) is 20.3 Å². The maximum atomic E-state index is 12.7. The molecule has 7 heteroatoms. The van der Waals surface area contributed by atoms with Crippen LogP contribution in [0.1, 0.15) is 41.7 Å². The Morgan fingerprint density at radius 1 is 1.23 bits per heavy atom. The molecular weight excluding hydrogens is 328 g/mol. The van der Waals surface area contributed by atoms with Gasteiger partial charge in [-0.05, 0) is 37.5 Å². The lowest BCUT2D eigenvalue weighted by Crippen LogP contribution is -2.38. The summed E-state index contributed by atoms with van der Waals surface area (Å²) < 4.78 is 1.78. The highest BCUT2D eigenvalue weighted by Crippen LogP contribution is 2.33. The van der Waals surface area contributed by atoms with Crippen LogP contribution in [0.15, 0.2) is 43.1 Å². The molecule has 3 aromatic heterocycles. The molecule has 134 valence electrons. The predicted molar refractivity (Wildman–Crippen MR) is 97.6 cm³/mol. The van der Waals surface area contributed by atoms with Crippen molar-refractivity contribution in [2.75, 3.05) is 13.1 Å². The van der Waals surface area contributed by atoms with E-state index in [1.807, 2.05) is 36.4 Å². The molecule has 0 unspecified atom stereocenters. The lowest BCUT2D eigenvalue weighted by Gasteiger charge is -2.31. The van der Waals surface area contributed by atoms with Crippen LogP contribution in [0.5, 0.6) is 0 Å². The number of aromatic amines is 1. The number of carbonyl (C=O) groups excluding carboxylic acids is 1. The van der Waals surface area contributed by atoms with Crippen molar-refractivity contribution in [2.24, 2.45) is 0 Å². The third kappa shape index (κ3) is 3.12. The number of aryl methyl sites for hydroxylation is 1. The van der Waals surface area contributed by atoms with Crippen LogP contribution in [-0.4, -0.2) is 48.9 Å². The number of H-pyrrole nitrogens is 1. The summed E-state index contributed by atoms with van der Waals surface area (Å²) in [6.07, 6.45) is 10.8. The van der Waals surface area contributed by atoms with Crippen molar-refractivity contribution in [1.29, 1.82) is 0 Å². The molecule has 0 spiro atoms. The summed E-state index contributed by atoms with van der Waals surface area (Å²) in [4.78, 5) is 18.7. The highest BCUT2D eigenvalue weighted by atomic mass is 16.2. The minimum absolute atomic E-state index is 0.0714. The molecule has 0 radical (unpaired) electrons. The molecule has 1 amide bonds. The Labute approximate surface area is 152 Å². The average Bonchev–Trinajstić information content (AvgIpc) is 3.38. The fourth-order valence-corrected chi connectivity index (χ4v) is 3.57. The number of amides is 1. The molecular formula is C19H22N6O. The van der Waals surface area contributed by atoms with Gasteiger partial charge in [0.2, 0.25) is 0 Å². The molecule has 1 saturated heterocycles. The van der Waals surface area contributed by atoms with E-state index in [1.165, 1.54) is 0 Å². The number of carbonyl (C=O) groups is 1. The zero-order chi connectivity index (χ0) is 17.9. The zero-order valence-electron chi connectivity index (χ0n) is 14.8. The SMILES string of the molecule is CCn1cc(C(=O)N2CCC(c3[nH]ncc3-c3ccncc3)CC2)cn1. The molecule has 1 fully saturated rings. The predicted octanol–water partition coefficient (Wildman–Crippen LogP) is 2.71. The largest absolute Gasteiger partial charge is 0.339 e. The standard InChI is InChI=1S/C19H22N6O/c1-2-25-13-16(11-22-25)19(26)24-9-5-15(6-10-24)18-17(12-21-23-18)14-3-7-20-8-4-14/h3-4,7-8,11-13,15H,2,5-6,9-10H2,1H3,(H,21,23). The van der Waals surface area contributed by atoms with Gasteiger partial charge in [-0.15, -0.1) is 0 Å². The van der Waals surface area contributed by atoms with Gasteiger partial charge in [0.05, 0.1) is 18.0 Å². The maximum Gasteiger partial charge on any atom is 0.257 e. The number of hydrogen-bond donors (Lipinski definition) is 1. The maximum absolute atomic E-state index is 12.7. The lowest BCUT2D eigenvalue weighted by molar-refractivity contribution is 0.0712. The second-order valence-electron chi connectivity index (χ2n) is 6.58. The van der Waals surface area contributed by atoms with Gasteiger partial charge in [-0.1, -0.05) is 0 Å². The molecule has 0 saturated carbocycles. The Balaban J connectivity index is 1.44. The van der Waals surface area contributed by atoms with Gasteiger partial charge in [-0.2, -0.15) is 10.2 Å². The number of rotatable bonds is 4. The van der Waals surface area contributed by atoms with Crippen molar-refractivity contribution >= 4 is 5.91 Å². The average molecular weight is 350 g/mol. The zero-order valence-corrected chi connectivity index (χ0v) is 14.8. The van der Waals surface area contributed by atoms with Gasteiger partial charge in [0.25, 0.3) is 5.91 Å². The van der Waals surface area contributed by atoms with Gasteiger partial charge in [0.1, 0.15) is 0 Å². The van der Waals surface area contributed by atoms with Crippen molar-refractivity contribution in [3.05, 3.63) is 54.4 Å². The Bertz CT molecular complexity index is 876. The molecule has 7 nitrogen and oxygen atoms in total. The summed E-state index contributed by atoms with van der Waals surface area (Å²) in [5.41, 5.74) is 4.07. The van der Waals surface area contributed by atoms with Crippen LogP contribution in [0.2, 0.25) is 0 Å². The summed E-state index contributed by atoms with van der Waals surface area (Å²) in [7, 11) is 0.